The largest absolute Gasteiger partial charge is 0.495 e. The number of methoxy groups -OCH3 is 1. The number of ether oxygens (including phenoxy) is 1. The molecule has 6 nitrogen and oxygen atoms in total. The lowest BCUT2D eigenvalue weighted by atomic mass is 10.1. The first-order chi connectivity index (χ1) is 12.9. The molecule has 0 spiro atoms. The van der Waals surface area contributed by atoms with E-state index in [4.69, 9.17) is 4.74 Å². The van der Waals surface area contributed by atoms with Crippen LogP contribution in [0.2, 0.25) is 0 Å². The van der Waals surface area contributed by atoms with Crippen LogP contribution in [0.15, 0.2) is 42.5 Å². The van der Waals surface area contributed by atoms with E-state index in [-0.39, 0.29) is 24.9 Å². The Morgan fingerprint density at radius 2 is 1.52 bits per heavy atom. The molecule has 0 aliphatic heterocycles. The Hall–Kier alpha value is -2.86. The molecule has 27 heavy (non-hydrogen) atoms. The molecule has 0 heterocycles. The maximum atomic E-state index is 12.4. The number of quaternary nitrogens is 1. The number of para-hydroxylation sites is 3. The standard InChI is InChI=1S/C21H27N3O3/c1-5-24(13-19(25)22-17-11-6-7-12-18(17)27-4)14-20(26)23-21-15(2)9-8-10-16(21)3/h6-12H,5,13-14H2,1-4H3,(H,22,25)(H,23,26)/p+1. The first-order valence-electron chi connectivity index (χ1n) is 9.07. The number of carbonyl (C=O) groups is 2. The van der Waals surface area contributed by atoms with Gasteiger partial charge in [-0.2, -0.15) is 0 Å². The lowest BCUT2D eigenvalue weighted by molar-refractivity contribution is -0.881. The second-order valence-corrected chi connectivity index (χ2v) is 6.52. The van der Waals surface area contributed by atoms with Crippen LogP contribution in [-0.2, 0) is 9.59 Å². The number of rotatable bonds is 8. The van der Waals surface area contributed by atoms with E-state index in [1.165, 1.54) is 0 Å². The molecule has 1 atom stereocenters. The van der Waals surface area contributed by atoms with Crippen molar-refractivity contribution in [2.24, 2.45) is 0 Å². The molecule has 0 aliphatic rings. The highest BCUT2D eigenvalue weighted by Crippen LogP contribution is 2.22. The highest BCUT2D eigenvalue weighted by Gasteiger charge is 2.18. The highest BCUT2D eigenvalue weighted by molar-refractivity contribution is 5.94. The molecule has 0 radical (unpaired) electrons. The summed E-state index contributed by atoms with van der Waals surface area (Å²) in [6.45, 7) is 6.98. The Morgan fingerprint density at radius 1 is 0.926 bits per heavy atom. The van der Waals surface area contributed by atoms with E-state index in [9.17, 15) is 9.59 Å². The predicted molar refractivity (Wildman–Crippen MR) is 107 cm³/mol. The van der Waals surface area contributed by atoms with Gasteiger partial charge in [-0.1, -0.05) is 30.3 Å². The van der Waals surface area contributed by atoms with Gasteiger partial charge < -0.3 is 20.3 Å². The molecule has 6 heteroatoms. The molecule has 0 bridgehead atoms. The van der Waals surface area contributed by atoms with E-state index in [1.807, 2.05) is 51.1 Å². The molecular weight excluding hydrogens is 342 g/mol. The molecule has 144 valence electrons. The summed E-state index contributed by atoms with van der Waals surface area (Å²) < 4.78 is 5.25. The van der Waals surface area contributed by atoms with Crippen LogP contribution in [0.1, 0.15) is 18.1 Å². The van der Waals surface area contributed by atoms with Crippen molar-refractivity contribution < 1.29 is 19.2 Å². The Balaban J connectivity index is 1.94. The second-order valence-electron chi connectivity index (χ2n) is 6.52. The molecular formula is C21H28N3O3+. The number of nitrogens with one attached hydrogen (secondary N) is 3. The van der Waals surface area contributed by atoms with E-state index in [0.29, 0.717) is 18.0 Å². The maximum absolute atomic E-state index is 12.4. The Labute approximate surface area is 160 Å². The van der Waals surface area contributed by atoms with E-state index in [2.05, 4.69) is 10.6 Å². The summed E-state index contributed by atoms with van der Waals surface area (Å²) in [4.78, 5) is 25.7. The number of anilines is 2. The van der Waals surface area contributed by atoms with Gasteiger partial charge in [-0.25, -0.2) is 0 Å². The average molecular weight is 370 g/mol. The molecule has 2 amide bonds. The summed E-state index contributed by atoms with van der Waals surface area (Å²) in [5.41, 5.74) is 3.52. The minimum atomic E-state index is -0.156. The second kappa shape index (κ2) is 9.73. The van der Waals surface area contributed by atoms with Gasteiger partial charge in [0.2, 0.25) is 0 Å². The van der Waals surface area contributed by atoms with Gasteiger partial charge in [0, 0.05) is 5.69 Å². The zero-order valence-electron chi connectivity index (χ0n) is 16.4. The number of hydrogen-bond donors (Lipinski definition) is 3. The van der Waals surface area contributed by atoms with Crippen LogP contribution in [-0.4, -0.2) is 38.6 Å². The van der Waals surface area contributed by atoms with Crippen molar-refractivity contribution in [1.82, 2.24) is 0 Å². The maximum Gasteiger partial charge on any atom is 0.279 e. The topological polar surface area (TPSA) is 71.9 Å². The fourth-order valence-corrected chi connectivity index (χ4v) is 2.90. The monoisotopic (exact) mass is 370 g/mol. The molecule has 1 unspecified atom stereocenters. The first kappa shape index (κ1) is 20.5. The van der Waals surface area contributed by atoms with Gasteiger partial charge in [0.1, 0.15) is 5.75 Å². The molecule has 0 aromatic heterocycles. The van der Waals surface area contributed by atoms with Gasteiger partial charge >= 0.3 is 0 Å². The quantitative estimate of drug-likeness (QED) is 0.663. The third kappa shape index (κ3) is 5.82. The van der Waals surface area contributed by atoms with E-state index >= 15 is 0 Å². The van der Waals surface area contributed by atoms with Crippen molar-refractivity contribution in [2.75, 3.05) is 37.4 Å². The molecule has 3 N–H and O–H groups in total. The molecule has 2 rings (SSSR count). The first-order valence-corrected chi connectivity index (χ1v) is 9.07. The van der Waals surface area contributed by atoms with Gasteiger partial charge in [-0.3, -0.25) is 9.59 Å². The van der Waals surface area contributed by atoms with E-state index < -0.39 is 0 Å². The minimum absolute atomic E-state index is 0.102. The molecule has 2 aromatic carbocycles. The number of amides is 2. The third-order valence-corrected chi connectivity index (χ3v) is 4.45. The van der Waals surface area contributed by atoms with Gasteiger partial charge in [0.05, 0.1) is 19.3 Å². The van der Waals surface area contributed by atoms with E-state index in [0.717, 1.165) is 21.7 Å². The Bertz CT molecular complexity index is 785. The summed E-state index contributed by atoms with van der Waals surface area (Å²) in [5, 5.41) is 5.82. The van der Waals surface area contributed by atoms with Gasteiger partial charge in [-0.15, -0.1) is 0 Å². The summed E-state index contributed by atoms with van der Waals surface area (Å²) in [6.07, 6.45) is 0. The zero-order chi connectivity index (χ0) is 19.8. The minimum Gasteiger partial charge on any atom is -0.495 e. The van der Waals surface area contributed by atoms with Crippen molar-refractivity contribution in [3.63, 3.8) is 0 Å². The normalized spacial score (nSPS) is 11.6. The Kier molecular flexibility index (Phi) is 7.37. The molecule has 2 aromatic rings. The lowest BCUT2D eigenvalue weighted by Gasteiger charge is -2.18. The lowest BCUT2D eigenvalue weighted by Crippen LogP contribution is -3.13. The number of likely N-dealkylation sites (N-methyl/N-ethyl adjacent to an activating group) is 1. The van der Waals surface area contributed by atoms with Crippen LogP contribution in [0.5, 0.6) is 5.75 Å². The van der Waals surface area contributed by atoms with Crippen LogP contribution < -0.4 is 20.3 Å². The number of aryl methyl sites for hydroxylation is 2. The van der Waals surface area contributed by atoms with Gasteiger partial charge in [0.15, 0.2) is 13.1 Å². The van der Waals surface area contributed by atoms with Crippen LogP contribution in [0, 0.1) is 13.8 Å². The van der Waals surface area contributed by atoms with Crippen molar-refractivity contribution in [2.45, 2.75) is 20.8 Å². The summed E-state index contributed by atoms with van der Waals surface area (Å²) in [7, 11) is 1.56. The van der Waals surface area contributed by atoms with Crippen molar-refractivity contribution >= 4 is 23.2 Å². The summed E-state index contributed by atoms with van der Waals surface area (Å²) >= 11 is 0. The molecule has 0 saturated heterocycles. The summed E-state index contributed by atoms with van der Waals surface area (Å²) in [6, 6.07) is 13.2. The van der Waals surface area contributed by atoms with Crippen molar-refractivity contribution in [3.05, 3.63) is 53.6 Å². The van der Waals surface area contributed by atoms with Crippen LogP contribution >= 0.6 is 0 Å². The van der Waals surface area contributed by atoms with Crippen LogP contribution in [0.4, 0.5) is 11.4 Å². The predicted octanol–water partition coefficient (Wildman–Crippen LogP) is 1.79. The molecule has 0 saturated carbocycles. The SMILES string of the molecule is CC[NH+](CC(=O)Nc1ccccc1OC)CC(=O)Nc1c(C)cccc1C. The highest BCUT2D eigenvalue weighted by atomic mass is 16.5. The third-order valence-electron chi connectivity index (χ3n) is 4.45. The van der Waals surface area contributed by atoms with Gasteiger partial charge in [-0.05, 0) is 44.0 Å². The fraction of sp³-hybridized carbons (Fsp3) is 0.333. The van der Waals surface area contributed by atoms with Crippen molar-refractivity contribution in [1.29, 1.82) is 0 Å². The van der Waals surface area contributed by atoms with Gasteiger partial charge in [0.25, 0.3) is 11.8 Å². The summed E-state index contributed by atoms with van der Waals surface area (Å²) in [5.74, 6) is 0.349. The smallest absolute Gasteiger partial charge is 0.279 e. The molecule has 0 aliphatic carbocycles. The van der Waals surface area contributed by atoms with Crippen LogP contribution in [0.3, 0.4) is 0 Å². The van der Waals surface area contributed by atoms with Crippen LogP contribution in [0.25, 0.3) is 0 Å². The number of hydrogen-bond acceptors (Lipinski definition) is 3. The number of carbonyl (C=O) groups excluding carboxylic acids is 2. The number of benzene rings is 2. The van der Waals surface area contributed by atoms with Crippen molar-refractivity contribution in [3.8, 4) is 5.75 Å². The fourth-order valence-electron chi connectivity index (χ4n) is 2.90. The van der Waals surface area contributed by atoms with E-state index in [1.54, 1.807) is 19.2 Å². The zero-order valence-corrected chi connectivity index (χ0v) is 16.4. The average Bonchev–Trinajstić information content (AvgIpc) is 2.64. The molecule has 0 fully saturated rings. The Morgan fingerprint density at radius 3 is 2.11 bits per heavy atom.